The second kappa shape index (κ2) is 4.16. The largest absolute Gasteiger partial charge is 0.351 e. The molecular formula is C11H14O4S. The van der Waals surface area contributed by atoms with E-state index in [4.69, 9.17) is 8.92 Å². The summed E-state index contributed by atoms with van der Waals surface area (Å²) in [5, 5.41) is 0. The lowest BCUT2D eigenvalue weighted by Crippen LogP contribution is -2.31. The highest BCUT2D eigenvalue weighted by atomic mass is 32.2. The first-order chi connectivity index (χ1) is 7.49. The van der Waals surface area contributed by atoms with Crippen molar-refractivity contribution < 1.29 is 17.3 Å². The molecule has 0 spiro atoms. The average molecular weight is 242 g/mol. The van der Waals surface area contributed by atoms with Crippen molar-refractivity contribution in [2.75, 3.05) is 6.61 Å². The van der Waals surface area contributed by atoms with Gasteiger partial charge in [-0.05, 0) is 37.1 Å². The van der Waals surface area contributed by atoms with Crippen molar-refractivity contribution in [3.05, 3.63) is 29.3 Å². The van der Waals surface area contributed by atoms with Gasteiger partial charge in [-0.15, -0.1) is 0 Å². The number of ether oxygens (including phenoxy) is 1. The van der Waals surface area contributed by atoms with E-state index in [1.54, 1.807) is 18.2 Å². The Kier molecular flexibility index (Phi) is 3.01. The van der Waals surface area contributed by atoms with Crippen LogP contribution in [-0.4, -0.2) is 21.3 Å². The normalized spacial score (nSPS) is 20.5. The molecule has 1 atom stereocenters. The molecule has 1 aliphatic rings. The van der Waals surface area contributed by atoms with Crippen LogP contribution in [0.15, 0.2) is 23.1 Å². The van der Waals surface area contributed by atoms with Gasteiger partial charge in [0.25, 0.3) is 10.1 Å². The highest BCUT2D eigenvalue weighted by Gasteiger charge is 2.27. The molecule has 0 aromatic heterocycles. The van der Waals surface area contributed by atoms with Crippen LogP contribution in [0.5, 0.6) is 0 Å². The molecule has 0 N–H and O–H groups in total. The van der Waals surface area contributed by atoms with Crippen LogP contribution in [0.25, 0.3) is 0 Å². The number of rotatable bonds is 3. The Balaban J connectivity index is 2.24. The molecule has 2 rings (SSSR count). The van der Waals surface area contributed by atoms with Crippen LogP contribution in [-0.2, 0) is 19.0 Å². The van der Waals surface area contributed by atoms with Gasteiger partial charge in [-0.2, -0.15) is 8.42 Å². The van der Waals surface area contributed by atoms with Crippen LogP contribution in [0, 0.1) is 13.8 Å². The molecule has 5 heteroatoms. The zero-order valence-electron chi connectivity index (χ0n) is 9.26. The summed E-state index contributed by atoms with van der Waals surface area (Å²) in [7, 11) is -3.68. The van der Waals surface area contributed by atoms with E-state index in [2.05, 4.69) is 0 Å². The Morgan fingerprint density at radius 3 is 2.50 bits per heavy atom. The van der Waals surface area contributed by atoms with Gasteiger partial charge in [0.15, 0.2) is 6.29 Å². The topological polar surface area (TPSA) is 52.6 Å². The number of hydrogen-bond acceptors (Lipinski definition) is 4. The van der Waals surface area contributed by atoms with Gasteiger partial charge < -0.3 is 4.74 Å². The quantitative estimate of drug-likeness (QED) is 0.758. The number of aryl methyl sites for hydroxylation is 2. The molecule has 0 amide bonds. The highest BCUT2D eigenvalue weighted by molar-refractivity contribution is 7.86. The predicted octanol–water partition coefficient (Wildman–Crippen LogP) is 1.76. The fourth-order valence-electron chi connectivity index (χ4n) is 1.36. The minimum absolute atomic E-state index is 0.186. The van der Waals surface area contributed by atoms with Gasteiger partial charge in [0.1, 0.15) is 0 Å². The molecule has 1 fully saturated rings. The molecule has 1 aliphatic heterocycles. The molecule has 16 heavy (non-hydrogen) atoms. The highest BCUT2D eigenvalue weighted by Crippen LogP contribution is 2.22. The van der Waals surface area contributed by atoms with Crippen LogP contribution < -0.4 is 0 Å². The third kappa shape index (κ3) is 2.26. The van der Waals surface area contributed by atoms with Crippen LogP contribution >= 0.6 is 0 Å². The lowest BCUT2D eigenvalue weighted by atomic mass is 10.1. The first-order valence-corrected chi connectivity index (χ1v) is 6.52. The Morgan fingerprint density at radius 1 is 1.31 bits per heavy atom. The van der Waals surface area contributed by atoms with Crippen molar-refractivity contribution >= 4 is 10.1 Å². The maximum atomic E-state index is 11.8. The second-order valence-electron chi connectivity index (χ2n) is 3.89. The molecule has 1 aromatic rings. The standard InChI is InChI=1S/C11H14O4S/c1-8-3-4-10(7-9(8)2)16(12,13)15-11-5-6-14-11/h3-4,7,11H,5-6H2,1-2H3. The molecule has 1 heterocycles. The first-order valence-electron chi connectivity index (χ1n) is 5.11. The van der Waals surface area contributed by atoms with Gasteiger partial charge in [-0.3, -0.25) is 0 Å². The molecule has 1 aromatic carbocycles. The molecule has 0 saturated carbocycles. The van der Waals surface area contributed by atoms with E-state index >= 15 is 0 Å². The fraction of sp³-hybridized carbons (Fsp3) is 0.455. The van der Waals surface area contributed by atoms with Crippen molar-refractivity contribution in [2.45, 2.75) is 31.5 Å². The van der Waals surface area contributed by atoms with E-state index in [9.17, 15) is 8.42 Å². The van der Waals surface area contributed by atoms with Gasteiger partial charge in [-0.1, -0.05) is 6.07 Å². The Hall–Kier alpha value is -0.910. The maximum Gasteiger partial charge on any atom is 0.299 e. The summed E-state index contributed by atoms with van der Waals surface area (Å²) in [4.78, 5) is 0.186. The van der Waals surface area contributed by atoms with Gasteiger partial charge in [0.05, 0.1) is 11.5 Å². The third-order valence-electron chi connectivity index (χ3n) is 2.66. The number of benzene rings is 1. The smallest absolute Gasteiger partial charge is 0.299 e. The maximum absolute atomic E-state index is 11.8. The van der Waals surface area contributed by atoms with Crippen molar-refractivity contribution in [1.29, 1.82) is 0 Å². The first kappa shape index (κ1) is 11.6. The molecule has 88 valence electrons. The summed E-state index contributed by atoms with van der Waals surface area (Å²) in [6.45, 7) is 4.36. The lowest BCUT2D eigenvalue weighted by Gasteiger charge is -2.25. The Labute approximate surface area is 95.3 Å². The number of hydrogen-bond donors (Lipinski definition) is 0. The fourth-order valence-corrected chi connectivity index (χ4v) is 2.46. The van der Waals surface area contributed by atoms with Gasteiger partial charge >= 0.3 is 0 Å². The summed E-state index contributed by atoms with van der Waals surface area (Å²) in [6, 6.07) is 4.94. The molecule has 1 saturated heterocycles. The zero-order chi connectivity index (χ0) is 11.8. The third-order valence-corrected chi connectivity index (χ3v) is 3.96. The SMILES string of the molecule is Cc1ccc(S(=O)(=O)OC2CCO2)cc1C. The summed E-state index contributed by atoms with van der Waals surface area (Å²) in [6.07, 6.45) is 0.0240. The summed E-state index contributed by atoms with van der Waals surface area (Å²) in [5.74, 6) is 0. The van der Waals surface area contributed by atoms with E-state index in [1.165, 1.54) is 0 Å². The Bertz CT molecular complexity index is 489. The monoisotopic (exact) mass is 242 g/mol. The van der Waals surface area contributed by atoms with Gasteiger partial charge in [-0.25, -0.2) is 4.18 Å². The van der Waals surface area contributed by atoms with Crippen molar-refractivity contribution in [2.24, 2.45) is 0 Å². The van der Waals surface area contributed by atoms with Crippen molar-refractivity contribution in [1.82, 2.24) is 0 Å². The average Bonchev–Trinajstić information content (AvgIpc) is 2.16. The Morgan fingerprint density at radius 2 is 2.00 bits per heavy atom. The molecule has 4 nitrogen and oxygen atoms in total. The van der Waals surface area contributed by atoms with Crippen LogP contribution in [0.1, 0.15) is 17.5 Å². The summed E-state index contributed by atoms with van der Waals surface area (Å²) in [5.41, 5.74) is 1.98. The lowest BCUT2D eigenvalue weighted by molar-refractivity contribution is -0.162. The molecule has 0 bridgehead atoms. The van der Waals surface area contributed by atoms with E-state index in [-0.39, 0.29) is 4.90 Å². The van der Waals surface area contributed by atoms with Crippen LogP contribution in [0.2, 0.25) is 0 Å². The summed E-state index contributed by atoms with van der Waals surface area (Å²) >= 11 is 0. The molecule has 1 unspecified atom stereocenters. The van der Waals surface area contributed by atoms with E-state index < -0.39 is 16.4 Å². The van der Waals surface area contributed by atoms with E-state index in [1.807, 2.05) is 13.8 Å². The molecule has 0 aliphatic carbocycles. The summed E-state index contributed by atoms with van der Waals surface area (Å²) < 4.78 is 33.4. The molecule has 0 radical (unpaired) electrons. The van der Waals surface area contributed by atoms with Crippen LogP contribution in [0.3, 0.4) is 0 Å². The van der Waals surface area contributed by atoms with Gasteiger partial charge in [0.2, 0.25) is 0 Å². The minimum Gasteiger partial charge on any atom is -0.351 e. The van der Waals surface area contributed by atoms with Gasteiger partial charge in [0, 0.05) is 6.42 Å². The predicted molar refractivity (Wildman–Crippen MR) is 58.5 cm³/mol. The van der Waals surface area contributed by atoms with Crippen LogP contribution in [0.4, 0.5) is 0 Å². The van der Waals surface area contributed by atoms with E-state index in [0.29, 0.717) is 13.0 Å². The second-order valence-corrected chi connectivity index (χ2v) is 5.46. The molecular weight excluding hydrogens is 228 g/mol. The van der Waals surface area contributed by atoms with Crippen molar-refractivity contribution in [3.63, 3.8) is 0 Å². The minimum atomic E-state index is -3.68. The van der Waals surface area contributed by atoms with Crippen molar-refractivity contribution in [3.8, 4) is 0 Å². The van der Waals surface area contributed by atoms with E-state index in [0.717, 1.165) is 11.1 Å². The zero-order valence-corrected chi connectivity index (χ0v) is 10.1.